The Morgan fingerprint density at radius 1 is 1.23 bits per heavy atom. The first kappa shape index (κ1) is 22.2. The van der Waals surface area contributed by atoms with E-state index in [-0.39, 0.29) is 23.3 Å². The third kappa shape index (κ3) is 3.37. The summed E-state index contributed by atoms with van der Waals surface area (Å²) in [5.74, 6) is 0.456. The lowest BCUT2D eigenvalue weighted by molar-refractivity contribution is -0.124. The average molecular weight is 493 g/mol. The summed E-state index contributed by atoms with van der Waals surface area (Å²) in [5.41, 5.74) is 1.95. The molecule has 2 amide bonds. The zero-order valence-corrected chi connectivity index (χ0v) is 20.7. The molecule has 3 aromatic heterocycles. The van der Waals surface area contributed by atoms with Crippen molar-refractivity contribution in [3.05, 3.63) is 44.4 Å². The maximum Gasteiger partial charge on any atom is 0.276 e. The molecule has 6 rings (SSSR count). The van der Waals surface area contributed by atoms with Crippen LogP contribution in [-0.2, 0) is 23.3 Å². The van der Waals surface area contributed by atoms with Gasteiger partial charge in [0, 0.05) is 17.8 Å². The van der Waals surface area contributed by atoms with Crippen molar-refractivity contribution in [2.45, 2.75) is 64.0 Å². The van der Waals surface area contributed by atoms with E-state index in [2.05, 4.69) is 25.9 Å². The molecule has 0 radical (unpaired) electrons. The van der Waals surface area contributed by atoms with Gasteiger partial charge in [0.1, 0.15) is 34.0 Å². The standard InChI is InChI=1S/C25H28N6O3S/c1-13-10-16(24(34)31-19(13)22(33)30-25(31)8-4-3-5-9-25)29-20-18-15-7-6-14(21(32)26-2)11-17(15)35-23(18)28-12-27-20/h10,12,14H,3-9,11H2,1-2H3,(H,26,32)(H,30,33)(H,27,28,29). The molecule has 1 atom stereocenters. The Morgan fingerprint density at radius 2 is 2.03 bits per heavy atom. The van der Waals surface area contributed by atoms with Gasteiger partial charge in [-0.05, 0) is 69.1 Å². The van der Waals surface area contributed by atoms with Gasteiger partial charge in [0.05, 0.1) is 5.39 Å². The summed E-state index contributed by atoms with van der Waals surface area (Å²) in [6, 6.07) is 1.75. The monoisotopic (exact) mass is 492 g/mol. The molecule has 182 valence electrons. The summed E-state index contributed by atoms with van der Waals surface area (Å²) in [5, 5.41) is 10.1. The molecule has 2 aliphatic carbocycles. The van der Waals surface area contributed by atoms with Gasteiger partial charge in [-0.1, -0.05) is 6.42 Å². The van der Waals surface area contributed by atoms with Crippen molar-refractivity contribution in [2.75, 3.05) is 12.4 Å². The number of pyridine rings is 1. The highest BCUT2D eigenvalue weighted by Crippen LogP contribution is 2.41. The molecule has 1 unspecified atom stereocenters. The Hall–Kier alpha value is -3.27. The molecule has 0 bridgehead atoms. The fourth-order valence-electron chi connectivity index (χ4n) is 6.10. The SMILES string of the molecule is CNC(=O)C1CCc2c(sc3ncnc(Nc4cc(C)c5n(c4=O)C4(CCCCC4)NC5=O)c23)C1. The van der Waals surface area contributed by atoms with Gasteiger partial charge >= 0.3 is 0 Å². The van der Waals surface area contributed by atoms with E-state index >= 15 is 0 Å². The van der Waals surface area contributed by atoms with Crippen LogP contribution in [0.2, 0.25) is 0 Å². The smallest absolute Gasteiger partial charge is 0.276 e. The van der Waals surface area contributed by atoms with E-state index in [9.17, 15) is 14.4 Å². The molecule has 1 saturated carbocycles. The number of anilines is 2. The lowest BCUT2D eigenvalue weighted by Crippen LogP contribution is -2.48. The second kappa shape index (κ2) is 8.15. The summed E-state index contributed by atoms with van der Waals surface area (Å²) in [7, 11) is 1.67. The lowest BCUT2D eigenvalue weighted by Gasteiger charge is -2.35. The maximum atomic E-state index is 13.8. The molecular formula is C25H28N6O3S. The predicted octanol–water partition coefficient (Wildman–Crippen LogP) is 3.12. The fourth-order valence-corrected chi connectivity index (χ4v) is 7.36. The van der Waals surface area contributed by atoms with Crippen molar-refractivity contribution in [1.29, 1.82) is 0 Å². The Kier molecular flexibility index (Phi) is 5.17. The Labute approximate surface area is 206 Å². The molecule has 0 aromatic carbocycles. The lowest BCUT2D eigenvalue weighted by atomic mass is 9.87. The second-order valence-electron chi connectivity index (χ2n) is 9.86. The normalized spacial score (nSPS) is 20.4. The summed E-state index contributed by atoms with van der Waals surface area (Å²) in [6.07, 6.45) is 8.32. The van der Waals surface area contributed by atoms with E-state index in [0.29, 0.717) is 23.6 Å². The molecule has 4 heterocycles. The Morgan fingerprint density at radius 3 is 2.80 bits per heavy atom. The molecular weight excluding hydrogens is 464 g/mol. The first-order valence-corrected chi connectivity index (χ1v) is 13.1. The van der Waals surface area contributed by atoms with Crippen LogP contribution in [0.4, 0.5) is 11.5 Å². The van der Waals surface area contributed by atoms with Gasteiger partial charge in [0.2, 0.25) is 5.91 Å². The van der Waals surface area contributed by atoms with Crippen LogP contribution in [0.15, 0.2) is 17.2 Å². The zero-order chi connectivity index (χ0) is 24.3. The van der Waals surface area contributed by atoms with E-state index in [1.54, 1.807) is 29.0 Å². The largest absolute Gasteiger partial charge is 0.359 e. The van der Waals surface area contributed by atoms with Gasteiger partial charge in [0.25, 0.3) is 11.5 Å². The molecule has 9 nitrogen and oxygen atoms in total. The molecule has 10 heteroatoms. The molecule has 0 saturated heterocycles. The molecule has 35 heavy (non-hydrogen) atoms. The average Bonchev–Trinajstić information content (AvgIpc) is 3.37. The van der Waals surface area contributed by atoms with Crippen molar-refractivity contribution in [3.63, 3.8) is 0 Å². The molecule has 1 aliphatic heterocycles. The van der Waals surface area contributed by atoms with E-state index in [4.69, 9.17) is 0 Å². The van der Waals surface area contributed by atoms with Crippen LogP contribution < -0.4 is 21.5 Å². The van der Waals surface area contributed by atoms with Gasteiger partial charge in [-0.3, -0.25) is 19.0 Å². The number of aromatic nitrogens is 3. The minimum absolute atomic E-state index is 0.0364. The van der Waals surface area contributed by atoms with Crippen LogP contribution >= 0.6 is 11.3 Å². The van der Waals surface area contributed by atoms with E-state index in [0.717, 1.165) is 71.2 Å². The number of amides is 2. The zero-order valence-electron chi connectivity index (χ0n) is 19.9. The summed E-state index contributed by atoms with van der Waals surface area (Å²) >= 11 is 1.59. The highest BCUT2D eigenvalue weighted by Gasteiger charge is 2.45. The number of nitrogens with one attached hydrogen (secondary N) is 3. The van der Waals surface area contributed by atoms with Crippen molar-refractivity contribution in [2.24, 2.45) is 5.92 Å². The van der Waals surface area contributed by atoms with E-state index < -0.39 is 5.66 Å². The van der Waals surface area contributed by atoms with Crippen molar-refractivity contribution in [1.82, 2.24) is 25.2 Å². The minimum atomic E-state index is -0.637. The van der Waals surface area contributed by atoms with Crippen molar-refractivity contribution in [3.8, 4) is 0 Å². The van der Waals surface area contributed by atoms with Crippen LogP contribution in [-0.4, -0.2) is 33.4 Å². The minimum Gasteiger partial charge on any atom is -0.359 e. The highest BCUT2D eigenvalue weighted by atomic mass is 32.1. The molecule has 3 aromatic rings. The van der Waals surface area contributed by atoms with Crippen molar-refractivity contribution >= 4 is 44.9 Å². The third-order valence-electron chi connectivity index (χ3n) is 7.78. The van der Waals surface area contributed by atoms with Gasteiger partial charge in [-0.25, -0.2) is 9.97 Å². The number of thiophene rings is 1. The fraction of sp³-hybridized carbons (Fsp3) is 0.480. The van der Waals surface area contributed by atoms with E-state index in [1.165, 1.54) is 6.33 Å². The third-order valence-corrected chi connectivity index (χ3v) is 8.94. The quantitative estimate of drug-likeness (QED) is 0.517. The van der Waals surface area contributed by atoms with Crippen LogP contribution in [0.1, 0.15) is 65.0 Å². The van der Waals surface area contributed by atoms with Gasteiger partial charge in [-0.15, -0.1) is 11.3 Å². The molecule has 3 aliphatic rings. The highest BCUT2D eigenvalue weighted by molar-refractivity contribution is 7.19. The first-order chi connectivity index (χ1) is 16.9. The first-order valence-electron chi connectivity index (χ1n) is 12.3. The topological polar surface area (TPSA) is 118 Å². The van der Waals surface area contributed by atoms with Gasteiger partial charge in [-0.2, -0.15) is 0 Å². The number of hydrogen-bond acceptors (Lipinski definition) is 7. The van der Waals surface area contributed by atoms with Gasteiger partial charge in [0.15, 0.2) is 0 Å². The summed E-state index contributed by atoms with van der Waals surface area (Å²) < 4.78 is 1.70. The second-order valence-corrected chi connectivity index (χ2v) is 10.9. The number of aryl methyl sites for hydroxylation is 2. The van der Waals surface area contributed by atoms with E-state index in [1.807, 2.05) is 6.92 Å². The number of rotatable bonds is 3. The summed E-state index contributed by atoms with van der Waals surface area (Å²) in [4.78, 5) is 49.8. The molecule has 1 fully saturated rings. The van der Waals surface area contributed by atoms with Crippen LogP contribution in [0.3, 0.4) is 0 Å². The number of nitrogens with zero attached hydrogens (tertiary/aromatic N) is 3. The maximum absolute atomic E-state index is 13.8. The van der Waals surface area contributed by atoms with Gasteiger partial charge < -0.3 is 16.0 Å². The predicted molar refractivity (Wildman–Crippen MR) is 134 cm³/mol. The Bertz CT molecular complexity index is 1440. The molecule has 1 spiro atoms. The van der Waals surface area contributed by atoms with Crippen molar-refractivity contribution < 1.29 is 9.59 Å². The summed E-state index contributed by atoms with van der Waals surface area (Å²) in [6.45, 7) is 1.87. The van der Waals surface area contributed by atoms with Crippen LogP contribution in [0.5, 0.6) is 0 Å². The number of hydrogen-bond donors (Lipinski definition) is 3. The van der Waals surface area contributed by atoms with Crippen LogP contribution in [0.25, 0.3) is 10.2 Å². The molecule has 3 N–H and O–H groups in total. The Balaban J connectivity index is 1.43. The number of fused-ring (bicyclic) bond motifs is 5. The number of carbonyl (C=O) groups excluding carboxylic acids is 2. The van der Waals surface area contributed by atoms with Crippen LogP contribution in [0, 0.1) is 12.8 Å². The number of carbonyl (C=O) groups is 2.